The molecule has 3 rings (SSSR count). The van der Waals surface area contributed by atoms with Gasteiger partial charge in [0.1, 0.15) is 0 Å². The highest BCUT2D eigenvalue weighted by molar-refractivity contribution is 5.92. The first kappa shape index (κ1) is 17.3. The van der Waals surface area contributed by atoms with E-state index in [0.29, 0.717) is 12.1 Å². The summed E-state index contributed by atoms with van der Waals surface area (Å²) in [4.78, 5) is 14.7. The van der Waals surface area contributed by atoms with Gasteiger partial charge in [0.15, 0.2) is 0 Å². The smallest absolute Gasteiger partial charge is 0.244 e. The molecule has 1 aliphatic heterocycles. The van der Waals surface area contributed by atoms with Gasteiger partial charge in [-0.2, -0.15) is 0 Å². The van der Waals surface area contributed by atoms with Gasteiger partial charge < -0.3 is 14.8 Å². The van der Waals surface area contributed by atoms with Crippen LogP contribution < -0.4 is 5.32 Å². The lowest BCUT2D eigenvalue weighted by Crippen LogP contribution is -2.44. The zero-order chi connectivity index (χ0) is 17.1. The summed E-state index contributed by atoms with van der Waals surface area (Å²) in [5.41, 5.74) is 3.76. The topological polar surface area (TPSA) is 37.3 Å². The van der Waals surface area contributed by atoms with Crippen molar-refractivity contribution in [3.8, 4) is 0 Å². The van der Waals surface area contributed by atoms with Gasteiger partial charge in [-0.05, 0) is 70.2 Å². The van der Waals surface area contributed by atoms with Gasteiger partial charge in [-0.25, -0.2) is 0 Å². The molecular weight excluding hydrogens is 298 g/mol. The Bertz CT molecular complexity index is 605. The van der Waals surface area contributed by atoms with Gasteiger partial charge in [0, 0.05) is 42.6 Å². The van der Waals surface area contributed by atoms with Crippen LogP contribution in [0.3, 0.4) is 0 Å². The van der Waals surface area contributed by atoms with Gasteiger partial charge in [0.2, 0.25) is 5.91 Å². The summed E-state index contributed by atoms with van der Waals surface area (Å²) in [6.45, 7) is 9.92. The van der Waals surface area contributed by atoms with E-state index in [1.165, 1.54) is 42.8 Å². The van der Waals surface area contributed by atoms with E-state index in [2.05, 4.69) is 41.6 Å². The summed E-state index contributed by atoms with van der Waals surface area (Å²) < 4.78 is 2.42. The van der Waals surface area contributed by atoms with Crippen molar-refractivity contribution in [2.75, 3.05) is 19.6 Å². The number of hydrogen-bond acceptors (Lipinski definition) is 2. The second-order valence-corrected chi connectivity index (χ2v) is 7.39. The van der Waals surface area contributed by atoms with E-state index in [0.717, 1.165) is 25.9 Å². The number of nitrogens with one attached hydrogen (secondary N) is 1. The number of likely N-dealkylation sites (tertiary alicyclic amines) is 1. The zero-order valence-electron chi connectivity index (χ0n) is 15.3. The van der Waals surface area contributed by atoms with Crippen LogP contribution >= 0.6 is 0 Å². The van der Waals surface area contributed by atoms with Crippen molar-refractivity contribution in [2.45, 2.75) is 65.0 Å². The molecule has 1 aliphatic carbocycles. The minimum absolute atomic E-state index is 0.0418. The number of carbonyl (C=O) groups excluding carboxylic acids is 1. The Balaban J connectivity index is 1.52. The third-order valence-corrected chi connectivity index (χ3v) is 5.32. The predicted octanol–water partition coefficient (Wildman–Crippen LogP) is 3.44. The second kappa shape index (κ2) is 7.56. The van der Waals surface area contributed by atoms with Gasteiger partial charge in [0.25, 0.3) is 0 Å². The van der Waals surface area contributed by atoms with Gasteiger partial charge in [-0.15, -0.1) is 0 Å². The maximum atomic E-state index is 12.2. The molecule has 0 radical (unpaired) electrons. The number of piperidine rings is 1. The summed E-state index contributed by atoms with van der Waals surface area (Å²) in [7, 11) is 0. The van der Waals surface area contributed by atoms with E-state index in [4.69, 9.17) is 0 Å². The minimum atomic E-state index is 0.0418. The Morgan fingerprint density at radius 1 is 1.25 bits per heavy atom. The summed E-state index contributed by atoms with van der Waals surface area (Å²) in [6.07, 6.45) is 9.60. The molecule has 1 aromatic heterocycles. The second-order valence-electron chi connectivity index (χ2n) is 7.39. The quantitative estimate of drug-likeness (QED) is 0.812. The number of aromatic nitrogens is 1. The average Bonchev–Trinajstić information content (AvgIpc) is 3.34. The van der Waals surface area contributed by atoms with Crippen molar-refractivity contribution < 1.29 is 4.79 Å². The first-order valence-corrected chi connectivity index (χ1v) is 9.48. The van der Waals surface area contributed by atoms with Crippen LogP contribution in [0.4, 0.5) is 0 Å². The first-order valence-electron chi connectivity index (χ1n) is 9.48. The lowest BCUT2D eigenvalue weighted by Gasteiger charge is -2.31. The highest BCUT2D eigenvalue weighted by atomic mass is 16.1. The molecule has 4 nitrogen and oxygen atoms in total. The van der Waals surface area contributed by atoms with Crippen molar-refractivity contribution in [1.29, 1.82) is 0 Å². The molecule has 24 heavy (non-hydrogen) atoms. The molecule has 0 atom stereocenters. The third kappa shape index (κ3) is 4.10. The summed E-state index contributed by atoms with van der Waals surface area (Å²) in [6, 6.07) is 3.21. The van der Waals surface area contributed by atoms with Gasteiger partial charge in [-0.3, -0.25) is 4.79 Å². The van der Waals surface area contributed by atoms with E-state index in [1.807, 2.05) is 6.08 Å². The van der Waals surface area contributed by atoms with E-state index in [-0.39, 0.29) is 5.91 Å². The maximum Gasteiger partial charge on any atom is 0.244 e. The van der Waals surface area contributed by atoms with E-state index < -0.39 is 0 Å². The predicted molar refractivity (Wildman–Crippen MR) is 99.1 cm³/mol. The Labute approximate surface area is 145 Å². The molecule has 4 heteroatoms. The number of amides is 1. The molecule has 1 N–H and O–H groups in total. The van der Waals surface area contributed by atoms with Crippen LogP contribution in [0.1, 0.15) is 62.0 Å². The number of rotatable bonds is 6. The molecule has 0 bridgehead atoms. The zero-order valence-corrected chi connectivity index (χ0v) is 15.3. The standard InChI is InChI=1S/C20H31N3O/c1-4-11-22-12-9-18(10-13-22)21-20(24)8-5-17-14-15(2)23(16(17)3)19-6-7-19/h5,8,14,18-19H,4,6-7,9-13H2,1-3H3,(H,21,24)/b8-5+. The number of aryl methyl sites for hydroxylation is 1. The van der Waals surface area contributed by atoms with Crippen LogP contribution in [0.2, 0.25) is 0 Å². The fraction of sp³-hybridized carbons (Fsp3) is 0.650. The van der Waals surface area contributed by atoms with Crippen molar-refractivity contribution in [1.82, 2.24) is 14.8 Å². The van der Waals surface area contributed by atoms with Crippen LogP contribution in [-0.2, 0) is 4.79 Å². The highest BCUT2D eigenvalue weighted by Crippen LogP contribution is 2.38. The normalized spacial score (nSPS) is 20.0. The molecule has 2 fully saturated rings. The Hall–Kier alpha value is -1.55. The molecular formula is C20H31N3O. The number of carbonyl (C=O) groups is 1. The Morgan fingerprint density at radius 2 is 1.96 bits per heavy atom. The summed E-state index contributed by atoms with van der Waals surface area (Å²) in [5.74, 6) is 0.0418. The van der Waals surface area contributed by atoms with E-state index in [9.17, 15) is 4.79 Å². The molecule has 2 heterocycles. The van der Waals surface area contributed by atoms with Crippen molar-refractivity contribution in [3.05, 3.63) is 29.1 Å². The van der Waals surface area contributed by atoms with Gasteiger partial charge in [0.05, 0.1) is 0 Å². The van der Waals surface area contributed by atoms with Gasteiger partial charge in [-0.1, -0.05) is 6.92 Å². The molecule has 0 aromatic carbocycles. The Kier molecular flexibility index (Phi) is 5.44. The van der Waals surface area contributed by atoms with Crippen LogP contribution in [0.25, 0.3) is 6.08 Å². The first-order chi connectivity index (χ1) is 11.6. The summed E-state index contributed by atoms with van der Waals surface area (Å²) >= 11 is 0. The molecule has 0 spiro atoms. The fourth-order valence-corrected chi connectivity index (χ4v) is 3.90. The molecule has 132 valence electrons. The number of nitrogens with zero attached hydrogens (tertiary/aromatic N) is 2. The number of hydrogen-bond donors (Lipinski definition) is 1. The van der Waals surface area contributed by atoms with Crippen LogP contribution in [0, 0.1) is 13.8 Å². The largest absolute Gasteiger partial charge is 0.350 e. The summed E-state index contributed by atoms with van der Waals surface area (Å²) in [5, 5.41) is 3.17. The molecule has 1 saturated carbocycles. The lowest BCUT2D eigenvalue weighted by atomic mass is 10.0. The molecule has 1 amide bonds. The van der Waals surface area contributed by atoms with Crippen LogP contribution in [0.15, 0.2) is 12.1 Å². The van der Waals surface area contributed by atoms with Gasteiger partial charge >= 0.3 is 0 Å². The Morgan fingerprint density at radius 3 is 2.58 bits per heavy atom. The fourth-order valence-electron chi connectivity index (χ4n) is 3.90. The minimum Gasteiger partial charge on any atom is -0.350 e. The molecule has 0 unspecified atom stereocenters. The lowest BCUT2D eigenvalue weighted by molar-refractivity contribution is -0.117. The highest BCUT2D eigenvalue weighted by Gasteiger charge is 2.26. The maximum absolute atomic E-state index is 12.2. The van der Waals surface area contributed by atoms with Crippen molar-refractivity contribution >= 4 is 12.0 Å². The monoisotopic (exact) mass is 329 g/mol. The van der Waals surface area contributed by atoms with E-state index in [1.54, 1.807) is 6.08 Å². The van der Waals surface area contributed by atoms with Crippen LogP contribution in [-0.4, -0.2) is 41.1 Å². The third-order valence-electron chi connectivity index (χ3n) is 5.32. The van der Waals surface area contributed by atoms with E-state index >= 15 is 0 Å². The average molecular weight is 329 g/mol. The molecule has 1 aromatic rings. The van der Waals surface area contributed by atoms with Crippen LogP contribution in [0.5, 0.6) is 0 Å². The SMILES string of the molecule is CCCN1CCC(NC(=O)/C=C/c2cc(C)n(C3CC3)c2C)CC1. The molecule has 2 aliphatic rings. The van der Waals surface area contributed by atoms with Crippen molar-refractivity contribution in [3.63, 3.8) is 0 Å². The van der Waals surface area contributed by atoms with Crippen molar-refractivity contribution in [2.24, 2.45) is 0 Å². The molecule has 1 saturated heterocycles.